The van der Waals surface area contributed by atoms with Gasteiger partial charge in [-0.25, -0.2) is 0 Å². The Kier molecular flexibility index (Phi) is 8.19. The van der Waals surface area contributed by atoms with Gasteiger partial charge in [0, 0.05) is 12.3 Å². The Labute approximate surface area is 85.8 Å². The van der Waals surface area contributed by atoms with Crippen molar-refractivity contribution in [1.82, 2.24) is 0 Å². The molecule has 0 amide bonds. The van der Waals surface area contributed by atoms with E-state index in [9.17, 15) is 9.59 Å². The molecule has 3 heteroatoms. The van der Waals surface area contributed by atoms with Gasteiger partial charge >= 0.3 is 5.97 Å². The molecule has 1 atom stereocenters. The number of hydrogen-bond acceptors (Lipinski definition) is 3. The number of rotatable bonds is 8. The second-order valence-electron chi connectivity index (χ2n) is 3.51. The summed E-state index contributed by atoms with van der Waals surface area (Å²) in [6.45, 7) is 2.11. The van der Waals surface area contributed by atoms with E-state index in [2.05, 4.69) is 11.7 Å². The van der Waals surface area contributed by atoms with E-state index in [4.69, 9.17) is 0 Å². The van der Waals surface area contributed by atoms with Crippen LogP contribution in [0.15, 0.2) is 0 Å². The molecule has 0 aliphatic heterocycles. The standard InChI is InChI=1S/C11H20O3/c1-3-4-6-10(9-12)7-5-8-11(13)14-2/h9-10H,3-8H2,1-2H3. The largest absolute Gasteiger partial charge is 0.469 e. The molecule has 0 bridgehead atoms. The maximum atomic E-state index is 10.8. The molecule has 0 aliphatic rings. The molecule has 0 saturated carbocycles. The highest BCUT2D eigenvalue weighted by Crippen LogP contribution is 2.13. The van der Waals surface area contributed by atoms with Crippen molar-refractivity contribution in [1.29, 1.82) is 0 Å². The summed E-state index contributed by atoms with van der Waals surface area (Å²) in [7, 11) is 1.39. The third-order valence-corrected chi connectivity index (χ3v) is 2.30. The quantitative estimate of drug-likeness (QED) is 0.446. The molecule has 0 fully saturated rings. The van der Waals surface area contributed by atoms with Gasteiger partial charge in [-0.3, -0.25) is 4.79 Å². The van der Waals surface area contributed by atoms with Crippen LogP contribution in [0.3, 0.4) is 0 Å². The molecule has 82 valence electrons. The van der Waals surface area contributed by atoms with Crippen LogP contribution >= 0.6 is 0 Å². The minimum absolute atomic E-state index is 0.125. The number of methoxy groups -OCH3 is 1. The molecule has 0 N–H and O–H groups in total. The number of unbranched alkanes of at least 4 members (excludes halogenated alkanes) is 1. The lowest BCUT2D eigenvalue weighted by Gasteiger charge is -2.08. The Bertz CT molecular complexity index is 166. The van der Waals surface area contributed by atoms with E-state index in [1.165, 1.54) is 7.11 Å². The first-order chi connectivity index (χ1) is 6.74. The second kappa shape index (κ2) is 8.73. The number of aldehydes is 1. The first-order valence-corrected chi connectivity index (χ1v) is 5.26. The average molecular weight is 200 g/mol. The minimum atomic E-state index is -0.190. The van der Waals surface area contributed by atoms with E-state index in [1.807, 2.05) is 0 Å². The summed E-state index contributed by atoms with van der Waals surface area (Å²) in [6, 6.07) is 0. The molecule has 0 aromatic rings. The zero-order chi connectivity index (χ0) is 10.8. The molecule has 0 aliphatic carbocycles. The SMILES string of the molecule is CCCCC(C=O)CCCC(=O)OC. The van der Waals surface area contributed by atoms with Gasteiger partial charge in [-0.1, -0.05) is 19.8 Å². The van der Waals surface area contributed by atoms with Crippen molar-refractivity contribution >= 4 is 12.3 Å². The highest BCUT2D eigenvalue weighted by molar-refractivity contribution is 5.69. The molecule has 0 heterocycles. The van der Waals surface area contributed by atoms with Gasteiger partial charge in [0.15, 0.2) is 0 Å². The fourth-order valence-corrected chi connectivity index (χ4v) is 1.36. The van der Waals surface area contributed by atoms with Gasteiger partial charge in [0.2, 0.25) is 0 Å². The van der Waals surface area contributed by atoms with Crippen molar-refractivity contribution in [2.45, 2.75) is 45.4 Å². The van der Waals surface area contributed by atoms with E-state index < -0.39 is 0 Å². The summed E-state index contributed by atoms with van der Waals surface area (Å²) in [5, 5.41) is 0. The molecule has 0 spiro atoms. The summed E-state index contributed by atoms with van der Waals surface area (Å²) in [4.78, 5) is 21.4. The van der Waals surface area contributed by atoms with Gasteiger partial charge in [-0.2, -0.15) is 0 Å². The first-order valence-electron chi connectivity index (χ1n) is 5.26. The normalized spacial score (nSPS) is 12.1. The van der Waals surface area contributed by atoms with E-state index in [1.54, 1.807) is 0 Å². The molecular weight excluding hydrogens is 180 g/mol. The zero-order valence-electron chi connectivity index (χ0n) is 9.12. The summed E-state index contributed by atoms with van der Waals surface area (Å²) in [6.07, 6.45) is 6.13. The molecule has 0 radical (unpaired) electrons. The van der Waals surface area contributed by atoms with Crippen LogP contribution in [0.25, 0.3) is 0 Å². The number of hydrogen-bond donors (Lipinski definition) is 0. The fourth-order valence-electron chi connectivity index (χ4n) is 1.36. The van der Waals surface area contributed by atoms with Crippen molar-refractivity contribution in [2.75, 3.05) is 7.11 Å². The molecule has 1 unspecified atom stereocenters. The molecule has 3 nitrogen and oxygen atoms in total. The lowest BCUT2D eigenvalue weighted by Crippen LogP contribution is -2.05. The van der Waals surface area contributed by atoms with Gasteiger partial charge in [0.25, 0.3) is 0 Å². The Morgan fingerprint density at radius 3 is 2.50 bits per heavy atom. The predicted molar refractivity (Wildman–Crippen MR) is 54.9 cm³/mol. The highest BCUT2D eigenvalue weighted by atomic mass is 16.5. The van der Waals surface area contributed by atoms with Crippen molar-refractivity contribution in [2.24, 2.45) is 5.92 Å². The third kappa shape index (κ3) is 6.63. The summed E-state index contributed by atoms with van der Waals surface area (Å²) in [5.74, 6) is -0.0650. The Balaban J connectivity index is 3.51. The fraction of sp³-hybridized carbons (Fsp3) is 0.818. The van der Waals surface area contributed by atoms with Crippen LogP contribution < -0.4 is 0 Å². The number of ether oxygens (including phenoxy) is 1. The maximum absolute atomic E-state index is 10.8. The van der Waals surface area contributed by atoms with E-state index in [0.717, 1.165) is 38.4 Å². The van der Waals surface area contributed by atoms with Crippen molar-refractivity contribution in [3.8, 4) is 0 Å². The van der Waals surface area contributed by atoms with Crippen molar-refractivity contribution in [3.63, 3.8) is 0 Å². The topological polar surface area (TPSA) is 43.4 Å². The van der Waals surface area contributed by atoms with Crippen LogP contribution in [-0.4, -0.2) is 19.4 Å². The maximum Gasteiger partial charge on any atom is 0.305 e. The summed E-state index contributed by atoms with van der Waals surface area (Å²) in [5.41, 5.74) is 0. The van der Waals surface area contributed by atoms with Crippen LogP contribution in [-0.2, 0) is 14.3 Å². The summed E-state index contributed by atoms with van der Waals surface area (Å²) < 4.78 is 4.52. The van der Waals surface area contributed by atoms with Crippen molar-refractivity contribution < 1.29 is 14.3 Å². The van der Waals surface area contributed by atoms with Crippen molar-refractivity contribution in [3.05, 3.63) is 0 Å². The number of carbonyl (C=O) groups is 2. The Morgan fingerprint density at radius 1 is 1.36 bits per heavy atom. The van der Waals surface area contributed by atoms with Gasteiger partial charge in [-0.05, 0) is 19.3 Å². The second-order valence-corrected chi connectivity index (χ2v) is 3.51. The monoisotopic (exact) mass is 200 g/mol. The van der Waals surface area contributed by atoms with E-state index in [0.29, 0.717) is 6.42 Å². The molecule has 0 aromatic carbocycles. The molecular formula is C11H20O3. The predicted octanol–water partition coefficient (Wildman–Crippen LogP) is 2.33. The van der Waals surface area contributed by atoms with Crippen LogP contribution in [0.2, 0.25) is 0 Å². The smallest absolute Gasteiger partial charge is 0.305 e. The molecule has 0 rings (SSSR count). The van der Waals surface area contributed by atoms with E-state index in [-0.39, 0.29) is 11.9 Å². The van der Waals surface area contributed by atoms with Gasteiger partial charge < -0.3 is 9.53 Å². The molecule has 0 saturated heterocycles. The average Bonchev–Trinajstić information content (AvgIpc) is 2.22. The molecule has 0 aromatic heterocycles. The van der Waals surface area contributed by atoms with E-state index >= 15 is 0 Å². The number of esters is 1. The Morgan fingerprint density at radius 2 is 2.00 bits per heavy atom. The minimum Gasteiger partial charge on any atom is -0.469 e. The summed E-state index contributed by atoms with van der Waals surface area (Å²) >= 11 is 0. The van der Waals surface area contributed by atoms with Gasteiger partial charge in [0.05, 0.1) is 7.11 Å². The highest BCUT2D eigenvalue weighted by Gasteiger charge is 2.08. The van der Waals surface area contributed by atoms with Crippen LogP contribution in [0.4, 0.5) is 0 Å². The molecule has 14 heavy (non-hydrogen) atoms. The Hall–Kier alpha value is -0.860. The number of carbonyl (C=O) groups excluding carboxylic acids is 2. The van der Waals surface area contributed by atoms with Crippen LogP contribution in [0.1, 0.15) is 45.4 Å². The zero-order valence-corrected chi connectivity index (χ0v) is 9.12. The lowest BCUT2D eigenvalue weighted by molar-refractivity contribution is -0.140. The van der Waals surface area contributed by atoms with Gasteiger partial charge in [-0.15, -0.1) is 0 Å². The van der Waals surface area contributed by atoms with Gasteiger partial charge in [0.1, 0.15) is 6.29 Å². The third-order valence-electron chi connectivity index (χ3n) is 2.30. The lowest BCUT2D eigenvalue weighted by atomic mass is 9.97. The first kappa shape index (κ1) is 13.1. The van der Waals surface area contributed by atoms with Crippen LogP contribution in [0, 0.1) is 5.92 Å². The van der Waals surface area contributed by atoms with Crippen LogP contribution in [0.5, 0.6) is 0 Å².